The number of anilines is 1. The number of rotatable bonds is 7. The molecule has 6 nitrogen and oxygen atoms in total. The van der Waals surface area contributed by atoms with Crippen molar-refractivity contribution in [3.63, 3.8) is 0 Å². The third-order valence-electron chi connectivity index (χ3n) is 5.08. The quantitative estimate of drug-likeness (QED) is 0.623. The number of hydrogen-bond acceptors (Lipinski definition) is 6. The molecular formula is C20H24F2N4O2. The topological polar surface area (TPSA) is 57.8 Å². The fraction of sp³-hybridized carbons (Fsp3) is 0.400. The molecular weight excluding hydrogens is 366 g/mol. The van der Waals surface area contributed by atoms with Crippen LogP contribution in [0.3, 0.4) is 0 Å². The molecule has 2 heterocycles. The van der Waals surface area contributed by atoms with E-state index in [0.717, 1.165) is 17.0 Å². The minimum Gasteiger partial charge on any atom is -0.496 e. The number of methoxy groups -OCH3 is 1. The van der Waals surface area contributed by atoms with Gasteiger partial charge in [0.15, 0.2) is 11.6 Å². The molecule has 1 unspecified atom stereocenters. The van der Waals surface area contributed by atoms with Crippen molar-refractivity contribution in [2.75, 3.05) is 32.8 Å². The molecule has 150 valence electrons. The molecule has 1 aromatic carbocycles. The molecule has 3 aliphatic rings. The van der Waals surface area contributed by atoms with E-state index in [1.807, 2.05) is 18.1 Å². The van der Waals surface area contributed by atoms with Gasteiger partial charge >= 0.3 is 0 Å². The second-order valence-electron chi connectivity index (χ2n) is 7.13. The number of hydrazine groups is 1. The molecule has 1 aliphatic carbocycles. The summed E-state index contributed by atoms with van der Waals surface area (Å²) in [6, 6.07) is 3.50. The van der Waals surface area contributed by atoms with Crippen LogP contribution in [-0.4, -0.2) is 38.4 Å². The summed E-state index contributed by atoms with van der Waals surface area (Å²) in [5, 5.41) is 5.39. The van der Waals surface area contributed by atoms with Gasteiger partial charge in [0.05, 0.1) is 25.5 Å². The van der Waals surface area contributed by atoms with Crippen LogP contribution in [0.5, 0.6) is 0 Å². The molecule has 1 aromatic rings. The standard InChI is InChI=1S/C20H24F2N4O2/c1-26-18(14-10-23-17(12-6-7-12)9-19(14)27-2)8-13(24-26)11-28-25-20-15(21)4-3-5-16(20)22/h3-5,8-9,12-13,23-25H,6-7,10-11H2,1-2H3. The average molecular weight is 390 g/mol. The van der Waals surface area contributed by atoms with E-state index in [9.17, 15) is 8.78 Å². The van der Waals surface area contributed by atoms with Gasteiger partial charge in [-0.1, -0.05) is 6.07 Å². The van der Waals surface area contributed by atoms with Crippen molar-refractivity contribution in [3.05, 3.63) is 64.7 Å². The summed E-state index contributed by atoms with van der Waals surface area (Å²) in [4.78, 5) is 5.32. The fourth-order valence-electron chi connectivity index (χ4n) is 3.46. The summed E-state index contributed by atoms with van der Waals surface area (Å²) in [6.07, 6.45) is 6.55. The van der Waals surface area contributed by atoms with Gasteiger partial charge in [-0.15, -0.1) is 0 Å². The molecule has 1 saturated carbocycles. The molecule has 0 spiro atoms. The molecule has 2 aliphatic heterocycles. The third-order valence-corrected chi connectivity index (χ3v) is 5.08. The predicted octanol–water partition coefficient (Wildman–Crippen LogP) is 2.81. The number of likely N-dealkylation sites (N-methyl/N-ethyl adjacent to an activating group) is 1. The number of ether oxygens (including phenoxy) is 1. The lowest BCUT2D eigenvalue weighted by Crippen LogP contribution is -2.38. The molecule has 4 rings (SSSR count). The number of allylic oxidation sites excluding steroid dienone is 2. The van der Waals surface area contributed by atoms with Gasteiger partial charge in [-0.05, 0) is 43.0 Å². The predicted molar refractivity (Wildman–Crippen MR) is 102 cm³/mol. The second-order valence-corrected chi connectivity index (χ2v) is 7.13. The number of nitrogens with one attached hydrogen (secondary N) is 3. The molecule has 1 atom stereocenters. The lowest BCUT2D eigenvalue weighted by atomic mass is 10.0. The normalized spacial score (nSPS) is 22.0. The molecule has 3 N–H and O–H groups in total. The maximum Gasteiger partial charge on any atom is 0.151 e. The number of para-hydroxylation sites is 1. The van der Waals surface area contributed by atoms with Crippen molar-refractivity contribution < 1.29 is 18.4 Å². The average Bonchev–Trinajstić information content (AvgIpc) is 3.47. The summed E-state index contributed by atoms with van der Waals surface area (Å²) in [5.41, 5.74) is 8.61. The van der Waals surface area contributed by atoms with Crippen molar-refractivity contribution >= 4 is 5.69 Å². The van der Waals surface area contributed by atoms with Gasteiger partial charge in [-0.3, -0.25) is 10.3 Å². The highest BCUT2D eigenvalue weighted by Crippen LogP contribution is 2.38. The van der Waals surface area contributed by atoms with Crippen molar-refractivity contribution in [1.82, 2.24) is 15.8 Å². The Morgan fingerprint density at radius 1 is 1.25 bits per heavy atom. The first-order valence-electron chi connectivity index (χ1n) is 9.33. The number of hydrogen-bond donors (Lipinski definition) is 3. The summed E-state index contributed by atoms with van der Waals surface area (Å²) in [5.74, 6) is 0.0862. The Kier molecular flexibility index (Phi) is 5.23. The van der Waals surface area contributed by atoms with E-state index < -0.39 is 11.6 Å². The monoisotopic (exact) mass is 390 g/mol. The van der Waals surface area contributed by atoms with E-state index in [0.29, 0.717) is 12.5 Å². The van der Waals surface area contributed by atoms with Crippen molar-refractivity contribution in [1.29, 1.82) is 0 Å². The van der Waals surface area contributed by atoms with E-state index in [1.165, 1.54) is 36.7 Å². The largest absolute Gasteiger partial charge is 0.496 e. The highest BCUT2D eigenvalue weighted by Gasteiger charge is 2.31. The Bertz CT molecular complexity index is 828. The van der Waals surface area contributed by atoms with E-state index in [4.69, 9.17) is 9.57 Å². The Morgan fingerprint density at radius 2 is 2.00 bits per heavy atom. The van der Waals surface area contributed by atoms with E-state index in [-0.39, 0.29) is 18.3 Å². The summed E-state index contributed by atoms with van der Waals surface area (Å²) in [7, 11) is 3.59. The van der Waals surface area contributed by atoms with Gasteiger partial charge in [0.1, 0.15) is 11.4 Å². The van der Waals surface area contributed by atoms with Crippen LogP contribution >= 0.6 is 0 Å². The first-order valence-corrected chi connectivity index (χ1v) is 9.33. The lowest BCUT2D eigenvalue weighted by Gasteiger charge is -2.26. The summed E-state index contributed by atoms with van der Waals surface area (Å²) < 4.78 is 32.9. The zero-order valence-electron chi connectivity index (χ0n) is 15.9. The Hall–Kier alpha value is -2.58. The number of dihydropyridines is 1. The van der Waals surface area contributed by atoms with E-state index >= 15 is 0 Å². The zero-order chi connectivity index (χ0) is 19.7. The minimum atomic E-state index is -0.700. The van der Waals surface area contributed by atoms with Crippen LogP contribution < -0.4 is 16.2 Å². The molecule has 0 bridgehead atoms. The Morgan fingerprint density at radius 3 is 2.68 bits per heavy atom. The first-order chi connectivity index (χ1) is 13.6. The number of nitrogens with zero attached hydrogens (tertiary/aromatic N) is 1. The molecule has 28 heavy (non-hydrogen) atoms. The SMILES string of the molecule is COC1=C(C2=CC(CONc3c(F)cccc3F)NN2C)CNC(C2CC2)=C1. The van der Waals surface area contributed by atoms with Gasteiger partial charge in [0.25, 0.3) is 0 Å². The van der Waals surface area contributed by atoms with Crippen LogP contribution in [-0.2, 0) is 9.57 Å². The Balaban J connectivity index is 1.42. The minimum absolute atomic E-state index is 0.151. The molecule has 0 saturated heterocycles. The maximum atomic E-state index is 13.6. The van der Waals surface area contributed by atoms with Crippen LogP contribution in [0.1, 0.15) is 12.8 Å². The molecule has 8 heteroatoms. The van der Waals surface area contributed by atoms with Crippen LogP contribution in [0.4, 0.5) is 14.5 Å². The van der Waals surface area contributed by atoms with Gasteiger partial charge in [-0.2, -0.15) is 0 Å². The van der Waals surface area contributed by atoms with Crippen LogP contribution in [0, 0.1) is 17.6 Å². The highest BCUT2D eigenvalue weighted by atomic mass is 19.1. The second kappa shape index (κ2) is 7.81. The fourth-order valence-corrected chi connectivity index (χ4v) is 3.46. The van der Waals surface area contributed by atoms with Gasteiger partial charge in [0, 0.05) is 24.9 Å². The number of halogens is 2. The number of benzene rings is 1. The van der Waals surface area contributed by atoms with Crippen molar-refractivity contribution in [2.24, 2.45) is 5.92 Å². The summed E-state index contributed by atoms with van der Waals surface area (Å²) >= 11 is 0. The third kappa shape index (κ3) is 3.83. The maximum absolute atomic E-state index is 13.6. The van der Waals surface area contributed by atoms with Gasteiger partial charge in [-0.25, -0.2) is 14.2 Å². The molecule has 0 radical (unpaired) electrons. The van der Waals surface area contributed by atoms with E-state index in [1.54, 1.807) is 7.11 Å². The molecule has 0 amide bonds. The van der Waals surface area contributed by atoms with Crippen LogP contribution in [0.2, 0.25) is 0 Å². The Labute approximate surface area is 162 Å². The highest BCUT2D eigenvalue weighted by molar-refractivity contribution is 5.45. The van der Waals surface area contributed by atoms with Crippen molar-refractivity contribution in [2.45, 2.75) is 18.9 Å². The first kappa shape index (κ1) is 18.8. The van der Waals surface area contributed by atoms with Crippen molar-refractivity contribution in [3.8, 4) is 0 Å². The lowest BCUT2D eigenvalue weighted by molar-refractivity contribution is 0.155. The van der Waals surface area contributed by atoms with Crippen LogP contribution in [0.15, 0.2) is 53.1 Å². The smallest absolute Gasteiger partial charge is 0.151 e. The van der Waals surface area contributed by atoms with E-state index in [2.05, 4.69) is 22.3 Å². The van der Waals surface area contributed by atoms with Crippen LogP contribution in [0.25, 0.3) is 0 Å². The molecule has 1 fully saturated rings. The van der Waals surface area contributed by atoms with Gasteiger partial charge in [0.2, 0.25) is 0 Å². The molecule has 0 aromatic heterocycles. The van der Waals surface area contributed by atoms with Gasteiger partial charge < -0.3 is 15.1 Å². The summed E-state index contributed by atoms with van der Waals surface area (Å²) in [6.45, 7) is 0.878. The zero-order valence-corrected chi connectivity index (χ0v) is 15.9.